The van der Waals surface area contributed by atoms with Crippen LogP contribution in [0.2, 0.25) is 5.02 Å². The Balaban J connectivity index is 2.25. The highest BCUT2D eigenvalue weighted by atomic mass is 35.5. The van der Waals surface area contributed by atoms with Gasteiger partial charge in [0.25, 0.3) is 0 Å². The zero-order chi connectivity index (χ0) is 16.1. The molecule has 0 aliphatic heterocycles. The van der Waals surface area contributed by atoms with Gasteiger partial charge in [-0.05, 0) is 19.1 Å². The zero-order valence-electron chi connectivity index (χ0n) is 11.2. The zero-order valence-corrected chi connectivity index (χ0v) is 11.9. The number of hydrogen-bond donors (Lipinski definition) is 1. The molecule has 2 heterocycles. The molecule has 0 amide bonds. The minimum absolute atomic E-state index is 0.0442. The van der Waals surface area contributed by atoms with E-state index in [0.29, 0.717) is 27.9 Å². The average Bonchev–Trinajstić information content (AvgIpc) is 2.77. The van der Waals surface area contributed by atoms with E-state index in [1.54, 1.807) is 31.2 Å². The topological polar surface area (TPSA) is 50.4 Å². The number of halogens is 4. The molecule has 3 rings (SSSR count). The van der Waals surface area contributed by atoms with Crippen LogP contribution in [0.3, 0.4) is 0 Å². The van der Waals surface area contributed by atoms with Crippen LogP contribution in [0.4, 0.5) is 13.2 Å². The van der Waals surface area contributed by atoms with E-state index in [1.165, 1.54) is 0 Å². The minimum Gasteiger partial charge on any atom is -0.493 e. The van der Waals surface area contributed by atoms with E-state index in [2.05, 4.69) is 10.1 Å². The third-order valence-corrected chi connectivity index (χ3v) is 3.46. The van der Waals surface area contributed by atoms with Gasteiger partial charge in [-0.2, -0.15) is 22.8 Å². The standard InChI is InChI=1S/C14H9ClF3N3O/c1-7-12(8-2-4-9(15)5-3-8)20-21-11(22)6-10(14(16,17)18)19-13(7)21/h2-6,22H,1H3. The van der Waals surface area contributed by atoms with E-state index in [9.17, 15) is 18.3 Å². The lowest BCUT2D eigenvalue weighted by molar-refractivity contribution is -0.141. The normalized spacial score (nSPS) is 12.0. The summed E-state index contributed by atoms with van der Waals surface area (Å²) in [5.74, 6) is -0.624. The van der Waals surface area contributed by atoms with Crippen molar-refractivity contribution in [3.05, 3.63) is 46.6 Å². The quantitative estimate of drug-likeness (QED) is 0.732. The Morgan fingerprint density at radius 1 is 1.18 bits per heavy atom. The summed E-state index contributed by atoms with van der Waals surface area (Å²) in [5.41, 5.74) is 0.323. The summed E-state index contributed by atoms with van der Waals surface area (Å²) >= 11 is 5.81. The van der Waals surface area contributed by atoms with Crippen molar-refractivity contribution in [1.29, 1.82) is 0 Å². The van der Waals surface area contributed by atoms with Crippen molar-refractivity contribution in [2.24, 2.45) is 0 Å². The van der Waals surface area contributed by atoms with Gasteiger partial charge in [-0.25, -0.2) is 4.98 Å². The largest absolute Gasteiger partial charge is 0.493 e. The van der Waals surface area contributed by atoms with Gasteiger partial charge in [0, 0.05) is 22.2 Å². The van der Waals surface area contributed by atoms with Crippen molar-refractivity contribution in [3.63, 3.8) is 0 Å². The average molecular weight is 328 g/mol. The molecule has 22 heavy (non-hydrogen) atoms. The maximum Gasteiger partial charge on any atom is 0.433 e. The number of rotatable bonds is 1. The number of hydrogen-bond acceptors (Lipinski definition) is 3. The van der Waals surface area contributed by atoms with E-state index >= 15 is 0 Å². The van der Waals surface area contributed by atoms with E-state index in [1.807, 2.05) is 0 Å². The van der Waals surface area contributed by atoms with Crippen molar-refractivity contribution in [2.75, 3.05) is 0 Å². The highest BCUT2D eigenvalue weighted by Gasteiger charge is 2.34. The van der Waals surface area contributed by atoms with Crippen LogP contribution >= 0.6 is 11.6 Å². The van der Waals surface area contributed by atoms with E-state index in [0.717, 1.165) is 4.52 Å². The Morgan fingerprint density at radius 2 is 1.82 bits per heavy atom. The molecule has 0 aliphatic rings. The Hall–Kier alpha value is -2.28. The van der Waals surface area contributed by atoms with Crippen molar-refractivity contribution >= 4 is 17.2 Å². The third-order valence-electron chi connectivity index (χ3n) is 3.21. The second-order valence-electron chi connectivity index (χ2n) is 4.71. The predicted octanol–water partition coefficient (Wildman–Crippen LogP) is 4.08. The van der Waals surface area contributed by atoms with Crippen molar-refractivity contribution in [3.8, 4) is 17.1 Å². The summed E-state index contributed by atoms with van der Waals surface area (Å²) in [6.45, 7) is 1.60. The van der Waals surface area contributed by atoms with Gasteiger partial charge in [-0.3, -0.25) is 0 Å². The maximum atomic E-state index is 12.8. The Kier molecular flexibility index (Phi) is 3.25. The van der Waals surface area contributed by atoms with Crippen LogP contribution in [0.5, 0.6) is 5.88 Å². The molecule has 114 valence electrons. The molecule has 2 aromatic heterocycles. The van der Waals surface area contributed by atoms with Crippen molar-refractivity contribution < 1.29 is 18.3 Å². The van der Waals surface area contributed by atoms with Crippen LogP contribution in [-0.4, -0.2) is 19.7 Å². The summed E-state index contributed by atoms with van der Waals surface area (Å²) in [6.07, 6.45) is -4.64. The number of aromatic hydroxyl groups is 1. The molecule has 4 nitrogen and oxygen atoms in total. The van der Waals surface area contributed by atoms with Gasteiger partial charge in [-0.1, -0.05) is 23.7 Å². The van der Waals surface area contributed by atoms with Crippen LogP contribution in [0, 0.1) is 6.92 Å². The van der Waals surface area contributed by atoms with Gasteiger partial charge in [-0.15, -0.1) is 0 Å². The number of aryl methyl sites for hydroxylation is 1. The van der Waals surface area contributed by atoms with Crippen molar-refractivity contribution in [2.45, 2.75) is 13.1 Å². The highest BCUT2D eigenvalue weighted by Crippen LogP contribution is 2.33. The van der Waals surface area contributed by atoms with Crippen molar-refractivity contribution in [1.82, 2.24) is 14.6 Å². The Bertz CT molecular complexity index is 856. The molecule has 0 aliphatic carbocycles. The molecule has 1 N–H and O–H groups in total. The monoisotopic (exact) mass is 327 g/mol. The molecule has 1 aromatic carbocycles. The van der Waals surface area contributed by atoms with Gasteiger partial charge in [0.15, 0.2) is 11.3 Å². The number of aromatic nitrogens is 3. The SMILES string of the molecule is Cc1c(-c2ccc(Cl)cc2)nn2c(O)cc(C(F)(F)F)nc12. The molecule has 3 aromatic rings. The summed E-state index contributed by atoms with van der Waals surface area (Å²) in [4.78, 5) is 3.56. The van der Waals surface area contributed by atoms with Crippen LogP contribution in [0.1, 0.15) is 11.3 Å². The lowest BCUT2D eigenvalue weighted by Gasteiger charge is -2.06. The highest BCUT2D eigenvalue weighted by molar-refractivity contribution is 6.30. The van der Waals surface area contributed by atoms with Crippen LogP contribution in [0.25, 0.3) is 16.9 Å². The fraction of sp³-hybridized carbons (Fsp3) is 0.143. The van der Waals surface area contributed by atoms with Crippen LogP contribution < -0.4 is 0 Å². The lowest BCUT2D eigenvalue weighted by Crippen LogP contribution is -2.09. The fourth-order valence-corrected chi connectivity index (χ4v) is 2.26. The number of fused-ring (bicyclic) bond motifs is 1. The predicted molar refractivity (Wildman–Crippen MR) is 74.8 cm³/mol. The van der Waals surface area contributed by atoms with Gasteiger partial charge >= 0.3 is 6.18 Å². The molecule has 0 unspecified atom stereocenters. The molecular formula is C14H9ClF3N3O. The molecule has 8 heteroatoms. The Labute approximate surface area is 127 Å². The molecule has 0 saturated heterocycles. The fourth-order valence-electron chi connectivity index (χ4n) is 2.14. The lowest BCUT2D eigenvalue weighted by atomic mass is 10.1. The van der Waals surface area contributed by atoms with Crippen LogP contribution in [-0.2, 0) is 6.18 Å². The second-order valence-corrected chi connectivity index (χ2v) is 5.15. The first-order valence-corrected chi connectivity index (χ1v) is 6.57. The van der Waals surface area contributed by atoms with Gasteiger partial charge in [0.05, 0.1) is 5.69 Å². The molecule has 0 fully saturated rings. The first-order valence-electron chi connectivity index (χ1n) is 6.20. The summed E-state index contributed by atoms with van der Waals surface area (Å²) in [7, 11) is 0. The summed E-state index contributed by atoms with van der Waals surface area (Å²) in [6, 6.07) is 7.23. The molecule has 0 atom stereocenters. The Morgan fingerprint density at radius 3 is 2.41 bits per heavy atom. The minimum atomic E-state index is -4.64. The van der Waals surface area contributed by atoms with Gasteiger partial charge < -0.3 is 5.11 Å². The third kappa shape index (κ3) is 2.37. The number of nitrogens with zero attached hydrogens (tertiary/aromatic N) is 3. The molecule has 0 saturated carbocycles. The molecule has 0 radical (unpaired) electrons. The smallest absolute Gasteiger partial charge is 0.433 e. The van der Waals surface area contributed by atoms with E-state index in [4.69, 9.17) is 11.6 Å². The first kappa shape index (κ1) is 14.6. The van der Waals surface area contributed by atoms with E-state index in [-0.39, 0.29) is 5.65 Å². The number of benzene rings is 1. The summed E-state index contributed by atoms with van der Waals surface area (Å²) < 4.78 is 39.3. The van der Waals surface area contributed by atoms with Gasteiger partial charge in [0.1, 0.15) is 0 Å². The van der Waals surface area contributed by atoms with Gasteiger partial charge in [0.2, 0.25) is 5.88 Å². The molecule has 0 spiro atoms. The number of alkyl halides is 3. The molecular weight excluding hydrogens is 319 g/mol. The first-order chi connectivity index (χ1) is 10.3. The maximum absolute atomic E-state index is 12.8. The second kappa shape index (κ2) is 4.88. The van der Waals surface area contributed by atoms with Crippen LogP contribution in [0.15, 0.2) is 30.3 Å². The summed E-state index contributed by atoms with van der Waals surface area (Å²) in [5, 5.41) is 14.4. The molecule has 0 bridgehead atoms. The van der Waals surface area contributed by atoms with E-state index < -0.39 is 17.8 Å².